The summed E-state index contributed by atoms with van der Waals surface area (Å²) in [5.41, 5.74) is 1.10. The highest BCUT2D eigenvalue weighted by Crippen LogP contribution is 2.29. The molecule has 2 nitrogen and oxygen atoms in total. The summed E-state index contributed by atoms with van der Waals surface area (Å²) >= 11 is 0. The number of nitrogens with zero attached hydrogens (tertiary/aromatic N) is 1. The Balaban J connectivity index is 2.11. The van der Waals surface area contributed by atoms with Gasteiger partial charge in [0.25, 0.3) is 0 Å². The maximum Gasteiger partial charge on any atom is 0.0537 e. The lowest BCUT2D eigenvalue weighted by atomic mass is 9.81. The predicted molar refractivity (Wildman–Crippen MR) is 85.0 cm³/mol. The Morgan fingerprint density at radius 3 is 2.65 bits per heavy atom. The fraction of sp³-hybridized carbons (Fsp3) is 0.667. The molecule has 112 valence electrons. The van der Waals surface area contributed by atoms with Gasteiger partial charge in [0, 0.05) is 18.0 Å². The van der Waals surface area contributed by atoms with Crippen LogP contribution in [0.25, 0.3) is 0 Å². The van der Waals surface area contributed by atoms with Crippen molar-refractivity contribution in [3.63, 3.8) is 0 Å². The monoisotopic (exact) mass is 275 g/mol. The van der Waals surface area contributed by atoms with Crippen LogP contribution in [-0.4, -0.2) is 35.7 Å². The lowest BCUT2D eigenvalue weighted by Crippen LogP contribution is -2.48. The van der Waals surface area contributed by atoms with Crippen molar-refractivity contribution in [1.82, 2.24) is 4.90 Å². The molecule has 2 heteroatoms. The second-order valence-corrected chi connectivity index (χ2v) is 6.49. The van der Waals surface area contributed by atoms with Gasteiger partial charge in [-0.3, -0.25) is 4.90 Å². The van der Waals surface area contributed by atoms with Gasteiger partial charge in [-0.1, -0.05) is 57.0 Å². The molecular weight excluding hydrogens is 246 g/mol. The Morgan fingerprint density at radius 1 is 1.25 bits per heavy atom. The van der Waals surface area contributed by atoms with Crippen LogP contribution in [0.3, 0.4) is 0 Å². The number of rotatable bonds is 6. The van der Waals surface area contributed by atoms with Crippen LogP contribution >= 0.6 is 0 Å². The van der Waals surface area contributed by atoms with Crippen molar-refractivity contribution in [3.05, 3.63) is 35.9 Å². The van der Waals surface area contributed by atoms with Crippen LogP contribution in [0.1, 0.15) is 51.5 Å². The SMILES string of the molecule is CCCC1CCCCN1CC(C)(CO)c1ccccc1. The molecule has 2 unspecified atom stereocenters. The van der Waals surface area contributed by atoms with Crippen molar-refractivity contribution in [2.24, 2.45) is 0 Å². The first kappa shape index (κ1) is 15.5. The van der Waals surface area contributed by atoms with Gasteiger partial charge in [0.15, 0.2) is 0 Å². The molecule has 0 amide bonds. The van der Waals surface area contributed by atoms with E-state index in [9.17, 15) is 5.11 Å². The molecule has 0 saturated carbocycles. The topological polar surface area (TPSA) is 23.5 Å². The van der Waals surface area contributed by atoms with Crippen LogP contribution in [0.5, 0.6) is 0 Å². The second kappa shape index (κ2) is 7.24. The van der Waals surface area contributed by atoms with Gasteiger partial charge < -0.3 is 5.11 Å². The summed E-state index contributed by atoms with van der Waals surface area (Å²) in [6.45, 7) is 6.84. The molecule has 0 radical (unpaired) electrons. The van der Waals surface area contributed by atoms with Crippen molar-refractivity contribution in [2.75, 3.05) is 19.7 Å². The molecule has 1 saturated heterocycles. The minimum atomic E-state index is -0.148. The van der Waals surface area contributed by atoms with E-state index in [0.717, 1.165) is 6.54 Å². The molecule has 1 aliphatic heterocycles. The Morgan fingerprint density at radius 2 is 2.00 bits per heavy atom. The van der Waals surface area contributed by atoms with Crippen molar-refractivity contribution < 1.29 is 5.11 Å². The molecule has 1 fully saturated rings. The summed E-state index contributed by atoms with van der Waals surface area (Å²) in [5.74, 6) is 0. The summed E-state index contributed by atoms with van der Waals surface area (Å²) in [6, 6.07) is 11.2. The Kier molecular flexibility index (Phi) is 5.62. The molecule has 1 aromatic carbocycles. The Hall–Kier alpha value is -0.860. The number of aliphatic hydroxyl groups is 1. The van der Waals surface area contributed by atoms with Gasteiger partial charge in [0.2, 0.25) is 0 Å². The molecule has 2 rings (SSSR count). The third-order valence-electron chi connectivity index (χ3n) is 4.74. The molecule has 0 bridgehead atoms. The fourth-order valence-electron chi connectivity index (χ4n) is 3.45. The van der Waals surface area contributed by atoms with Gasteiger partial charge in [-0.15, -0.1) is 0 Å². The van der Waals surface area contributed by atoms with Crippen molar-refractivity contribution in [2.45, 2.75) is 57.4 Å². The quantitative estimate of drug-likeness (QED) is 0.857. The molecule has 2 atom stereocenters. The van der Waals surface area contributed by atoms with E-state index in [0.29, 0.717) is 6.04 Å². The van der Waals surface area contributed by atoms with E-state index in [2.05, 4.69) is 43.0 Å². The van der Waals surface area contributed by atoms with Crippen LogP contribution < -0.4 is 0 Å². The van der Waals surface area contributed by atoms with Crippen molar-refractivity contribution in [3.8, 4) is 0 Å². The largest absolute Gasteiger partial charge is 0.395 e. The number of hydrogen-bond acceptors (Lipinski definition) is 2. The van der Waals surface area contributed by atoms with Crippen LogP contribution in [0.15, 0.2) is 30.3 Å². The smallest absolute Gasteiger partial charge is 0.0537 e. The highest BCUT2D eigenvalue weighted by atomic mass is 16.3. The predicted octanol–water partition coefficient (Wildman–Crippen LogP) is 3.59. The minimum absolute atomic E-state index is 0.148. The first-order valence-electron chi connectivity index (χ1n) is 8.10. The van der Waals surface area contributed by atoms with E-state index in [1.807, 2.05) is 6.07 Å². The highest BCUT2D eigenvalue weighted by molar-refractivity contribution is 5.25. The van der Waals surface area contributed by atoms with E-state index in [1.165, 1.54) is 44.2 Å². The zero-order chi connectivity index (χ0) is 14.4. The van der Waals surface area contributed by atoms with E-state index in [4.69, 9.17) is 0 Å². The van der Waals surface area contributed by atoms with Crippen LogP contribution in [0.4, 0.5) is 0 Å². The third-order valence-corrected chi connectivity index (χ3v) is 4.74. The summed E-state index contributed by atoms with van der Waals surface area (Å²) < 4.78 is 0. The Labute approximate surface area is 123 Å². The maximum atomic E-state index is 9.96. The zero-order valence-corrected chi connectivity index (χ0v) is 13.0. The average Bonchev–Trinajstić information content (AvgIpc) is 2.50. The van der Waals surface area contributed by atoms with Gasteiger partial charge in [-0.25, -0.2) is 0 Å². The number of likely N-dealkylation sites (tertiary alicyclic amines) is 1. The van der Waals surface area contributed by atoms with Gasteiger partial charge in [0.05, 0.1) is 6.61 Å². The number of hydrogen-bond donors (Lipinski definition) is 1. The molecule has 1 heterocycles. The first-order chi connectivity index (χ1) is 9.69. The number of piperidine rings is 1. The van der Waals surface area contributed by atoms with E-state index in [-0.39, 0.29) is 12.0 Å². The summed E-state index contributed by atoms with van der Waals surface area (Å²) in [7, 11) is 0. The molecule has 1 aromatic rings. The average molecular weight is 275 g/mol. The standard InChI is InChI=1S/C18H29NO/c1-3-9-17-12-7-8-13-19(17)14-18(2,15-20)16-10-5-4-6-11-16/h4-6,10-11,17,20H,3,7-9,12-15H2,1-2H3. The second-order valence-electron chi connectivity index (χ2n) is 6.49. The summed E-state index contributed by atoms with van der Waals surface area (Å²) in [6.07, 6.45) is 6.53. The molecule has 0 spiro atoms. The lowest BCUT2D eigenvalue weighted by Gasteiger charge is -2.41. The normalized spacial score (nSPS) is 23.4. The molecule has 20 heavy (non-hydrogen) atoms. The van der Waals surface area contributed by atoms with Crippen molar-refractivity contribution >= 4 is 0 Å². The summed E-state index contributed by atoms with van der Waals surface area (Å²) in [5, 5.41) is 9.96. The zero-order valence-electron chi connectivity index (χ0n) is 13.0. The van der Waals surface area contributed by atoms with E-state index < -0.39 is 0 Å². The lowest BCUT2D eigenvalue weighted by molar-refractivity contribution is 0.0840. The van der Waals surface area contributed by atoms with Gasteiger partial charge in [-0.2, -0.15) is 0 Å². The highest BCUT2D eigenvalue weighted by Gasteiger charge is 2.32. The third kappa shape index (κ3) is 3.62. The van der Waals surface area contributed by atoms with E-state index >= 15 is 0 Å². The molecule has 1 N–H and O–H groups in total. The van der Waals surface area contributed by atoms with Crippen molar-refractivity contribution in [1.29, 1.82) is 0 Å². The van der Waals surface area contributed by atoms with E-state index in [1.54, 1.807) is 0 Å². The number of benzene rings is 1. The van der Waals surface area contributed by atoms with Gasteiger partial charge in [0.1, 0.15) is 0 Å². The molecular formula is C18H29NO. The maximum absolute atomic E-state index is 9.96. The molecule has 0 aliphatic carbocycles. The molecule has 1 aliphatic rings. The molecule has 0 aromatic heterocycles. The van der Waals surface area contributed by atoms with Crippen LogP contribution in [0, 0.1) is 0 Å². The van der Waals surface area contributed by atoms with Crippen LogP contribution in [-0.2, 0) is 5.41 Å². The fourth-order valence-corrected chi connectivity index (χ4v) is 3.45. The first-order valence-corrected chi connectivity index (χ1v) is 8.10. The summed E-state index contributed by atoms with van der Waals surface area (Å²) in [4.78, 5) is 2.62. The minimum Gasteiger partial charge on any atom is -0.395 e. The Bertz CT molecular complexity index is 390. The number of aliphatic hydroxyl groups excluding tert-OH is 1. The van der Waals surface area contributed by atoms with Gasteiger partial charge >= 0.3 is 0 Å². The van der Waals surface area contributed by atoms with Crippen LogP contribution in [0.2, 0.25) is 0 Å². The van der Waals surface area contributed by atoms with Gasteiger partial charge in [-0.05, 0) is 31.4 Å².